The molecule has 0 saturated carbocycles. The molecule has 0 aliphatic carbocycles. The summed E-state index contributed by atoms with van der Waals surface area (Å²) in [5.41, 5.74) is 8.01. The molecule has 2 aromatic carbocycles. The van der Waals surface area contributed by atoms with Crippen molar-refractivity contribution in [2.24, 2.45) is 0 Å². The summed E-state index contributed by atoms with van der Waals surface area (Å²) in [7, 11) is 0. The molecule has 5 aromatic rings. The highest BCUT2D eigenvalue weighted by Gasteiger charge is 2.19. The van der Waals surface area contributed by atoms with Crippen LogP contribution in [0.5, 0.6) is 0 Å². The average molecular weight is 434 g/mol. The smallest absolute Gasteiger partial charge is 0.0749 e. The third kappa shape index (κ3) is 3.01. The number of hydrogen-bond acceptors (Lipinski definition) is 1. The molecule has 0 N–H and O–H groups in total. The van der Waals surface area contributed by atoms with Gasteiger partial charge in [-0.1, -0.05) is 59.6 Å². The number of fused-ring (bicyclic) bond motifs is 3. The Labute approximate surface area is 185 Å². The molecule has 0 aliphatic heterocycles. The molecular formula is C25H21Cl2N3. The lowest BCUT2D eigenvalue weighted by atomic mass is 10.1. The molecule has 150 valence electrons. The van der Waals surface area contributed by atoms with Crippen molar-refractivity contribution < 1.29 is 0 Å². The maximum atomic E-state index is 6.25. The lowest BCUT2D eigenvalue weighted by Crippen LogP contribution is -2.03. The number of hydrogen-bond donors (Lipinski definition) is 0. The monoisotopic (exact) mass is 433 g/mol. The van der Waals surface area contributed by atoms with Crippen molar-refractivity contribution in [3.63, 3.8) is 0 Å². The van der Waals surface area contributed by atoms with Crippen LogP contribution in [0.3, 0.4) is 0 Å². The van der Waals surface area contributed by atoms with Crippen LogP contribution in [0.1, 0.15) is 22.6 Å². The summed E-state index contributed by atoms with van der Waals surface area (Å²) in [6.45, 7) is 7.31. The molecular weight excluding hydrogens is 413 g/mol. The van der Waals surface area contributed by atoms with Crippen molar-refractivity contribution >= 4 is 39.5 Å². The predicted octanol–water partition coefficient (Wildman–Crippen LogP) is 7.24. The van der Waals surface area contributed by atoms with E-state index in [0.29, 0.717) is 10.0 Å². The summed E-state index contributed by atoms with van der Waals surface area (Å²) in [5.74, 6) is 0. The van der Waals surface area contributed by atoms with Gasteiger partial charge in [0, 0.05) is 40.5 Å². The third-order valence-corrected chi connectivity index (χ3v) is 6.63. The Balaban J connectivity index is 1.73. The number of aromatic nitrogens is 3. The lowest BCUT2D eigenvalue weighted by Gasteiger charge is -2.09. The molecule has 0 amide bonds. The van der Waals surface area contributed by atoms with Crippen molar-refractivity contribution in [1.82, 2.24) is 14.2 Å². The summed E-state index contributed by atoms with van der Waals surface area (Å²) in [6, 6.07) is 18.5. The highest BCUT2D eigenvalue weighted by atomic mass is 35.5. The van der Waals surface area contributed by atoms with Gasteiger partial charge in [-0.25, -0.2) is 4.52 Å². The number of aryl methyl sites for hydroxylation is 3. The van der Waals surface area contributed by atoms with Gasteiger partial charge in [0.15, 0.2) is 0 Å². The van der Waals surface area contributed by atoms with Gasteiger partial charge in [0.2, 0.25) is 0 Å². The van der Waals surface area contributed by atoms with Gasteiger partial charge in [-0.05, 0) is 50.1 Å². The van der Waals surface area contributed by atoms with Gasteiger partial charge in [0.25, 0.3) is 0 Å². The number of rotatable bonds is 3. The van der Waals surface area contributed by atoms with Crippen molar-refractivity contribution in [2.75, 3.05) is 0 Å². The molecule has 3 nitrogen and oxygen atoms in total. The van der Waals surface area contributed by atoms with E-state index in [1.54, 1.807) is 0 Å². The van der Waals surface area contributed by atoms with Gasteiger partial charge in [-0.15, -0.1) is 0 Å². The van der Waals surface area contributed by atoms with Gasteiger partial charge in [-0.2, -0.15) is 5.10 Å². The second-order valence-electron chi connectivity index (χ2n) is 7.77. The molecule has 0 aliphatic rings. The van der Waals surface area contributed by atoms with Crippen LogP contribution >= 0.6 is 23.2 Å². The topological polar surface area (TPSA) is 22.2 Å². The minimum absolute atomic E-state index is 0.555. The summed E-state index contributed by atoms with van der Waals surface area (Å²) in [6.07, 6.45) is 2.06. The number of benzene rings is 2. The Kier molecular flexibility index (Phi) is 4.61. The second-order valence-corrected chi connectivity index (χ2v) is 8.58. The zero-order chi connectivity index (χ0) is 21.0. The van der Waals surface area contributed by atoms with Crippen LogP contribution in [0.25, 0.3) is 27.4 Å². The van der Waals surface area contributed by atoms with Crippen LogP contribution in [0.2, 0.25) is 10.0 Å². The van der Waals surface area contributed by atoms with Crippen LogP contribution in [-0.4, -0.2) is 14.2 Å². The molecule has 30 heavy (non-hydrogen) atoms. The first kappa shape index (κ1) is 19.2. The standard InChI is InChI=1S/C25H21Cl2N3/c1-15-24-16(2)29(13-18-7-5-4-6-8-18)17(3)25(24)23-12-20(14-30(23)28-15)19-9-10-21(26)22(27)11-19/h4-12,14H,13H2,1-3H3. The van der Waals surface area contributed by atoms with Crippen LogP contribution in [0.4, 0.5) is 0 Å². The molecule has 5 rings (SSSR count). The fourth-order valence-electron chi connectivity index (χ4n) is 4.41. The highest BCUT2D eigenvalue weighted by Crippen LogP contribution is 2.35. The first-order valence-electron chi connectivity index (χ1n) is 9.92. The van der Waals surface area contributed by atoms with Crippen LogP contribution < -0.4 is 0 Å². The Morgan fingerprint density at radius 1 is 0.800 bits per heavy atom. The van der Waals surface area contributed by atoms with Crippen LogP contribution in [-0.2, 0) is 6.54 Å². The van der Waals surface area contributed by atoms with E-state index < -0.39 is 0 Å². The van der Waals surface area contributed by atoms with E-state index in [2.05, 4.69) is 67.9 Å². The Morgan fingerprint density at radius 2 is 1.53 bits per heavy atom. The molecule has 0 bridgehead atoms. The summed E-state index contributed by atoms with van der Waals surface area (Å²) < 4.78 is 4.37. The van der Waals surface area contributed by atoms with Crippen molar-refractivity contribution in [3.8, 4) is 11.1 Å². The Morgan fingerprint density at radius 3 is 2.27 bits per heavy atom. The highest BCUT2D eigenvalue weighted by molar-refractivity contribution is 6.42. The molecule has 0 fully saturated rings. The van der Waals surface area contributed by atoms with Crippen molar-refractivity contribution in [3.05, 3.63) is 93.5 Å². The number of halogens is 2. The summed E-state index contributed by atoms with van der Waals surface area (Å²) in [4.78, 5) is 0. The van der Waals surface area contributed by atoms with E-state index in [-0.39, 0.29) is 0 Å². The summed E-state index contributed by atoms with van der Waals surface area (Å²) in [5, 5.41) is 8.46. The fourth-order valence-corrected chi connectivity index (χ4v) is 4.71. The van der Waals surface area contributed by atoms with Gasteiger partial charge in [0.1, 0.15) is 0 Å². The summed E-state index contributed by atoms with van der Waals surface area (Å²) >= 11 is 12.4. The zero-order valence-corrected chi connectivity index (χ0v) is 18.6. The molecule has 0 saturated heterocycles. The zero-order valence-electron chi connectivity index (χ0n) is 17.1. The maximum Gasteiger partial charge on any atom is 0.0749 e. The van der Waals surface area contributed by atoms with E-state index >= 15 is 0 Å². The Hall–Kier alpha value is -2.75. The minimum atomic E-state index is 0.555. The maximum absolute atomic E-state index is 6.25. The van der Waals surface area contributed by atoms with E-state index in [1.165, 1.54) is 27.7 Å². The Bertz CT molecular complexity index is 1410. The van der Waals surface area contributed by atoms with Crippen LogP contribution in [0.15, 0.2) is 60.8 Å². The number of nitrogens with zero attached hydrogens (tertiary/aromatic N) is 3. The fraction of sp³-hybridized carbons (Fsp3) is 0.160. The molecule has 0 radical (unpaired) electrons. The third-order valence-electron chi connectivity index (χ3n) is 5.90. The molecule has 0 unspecified atom stereocenters. The molecule has 3 heterocycles. The molecule has 0 spiro atoms. The van der Waals surface area contributed by atoms with Gasteiger partial charge in [0.05, 0.1) is 21.3 Å². The van der Waals surface area contributed by atoms with Crippen molar-refractivity contribution in [1.29, 1.82) is 0 Å². The average Bonchev–Trinajstić information content (AvgIpc) is 3.26. The first-order valence-corrected chi connectivity index (χ1v) is 10.7. The predicted molar refractivity (Wildman–Crippen MR) is 126 cm³/mol. The van der Waals surface area contributed by atoms with Crippen LogP contribution in [0, 0.1) is 20.8 Å². The largest absolute Gasteiger partial charge is 0.343 e. The first-order chi connectivity index (χ1) is 14.4. The van der Waals surface area contributed by atoms with Gasteiger partial charge in [-0.3, -0.25) is 0 Å². The lowest BCUT2D eigenvalue weighted by molar-refractivity contribution is 0.754. The molecule has 5 heteroatoms. The SMILES string of the molecule is Cc1nn2cc(-c3ccc(Cl)c(Cl)c3)cc2c2c(C)n(Cc3ccccc3)c(C)c12. The minimum Gasteiger partial charge on any atom is -0.343 e. The quantitative estimate of drug-likeness (QED) is 0.294. The van der Waals surface area contributed by atoms with E-state index in [1.807, 2.05) is 22.7 Å². The second kappa shape index (κ2) is 7.19. The van der Waals surface area contributed by atoms with Crippen molar-refractivity contribution in [2.45, 2.75) is 27.3 Å². The van der Waals surface area contributed by atoms with E-state index in [9.17, 15) is 0 Å². The van der Waals surface area contributed by atoms with Gasteiger partial charge >= 0.3 is 0 Å². The van der Waals surface area contributed by atoms with E-state index in [0.717, 1.165) is 28.9 Å². The molecule has 3 aromatic heterocycles. The normalized spacial score (nSPS) is 11.6. The van der Waals surface area contributed by atoms with E-state index in [4.69, 9.17) is 28.3 Å². The molecule has 0 atom stereocenters. The van der Waals surface area contributed by atoms with Gasteiger partial charge < -0.3 is 4.57 Å².